The van der Waals surface area contributed by atoms with E-state index in [0.29, 0.717) is 0 Å². The smallest absolute Gasteiger partial charge is 0.339 e. The number of anilines is 1. The van der Waals surface area contributed by atoms with Crippen LogP contribution in [0.15, 0.2) is 18.2 Å². The normalized spacial score (nSPS) is 10.6. The second-order valence-corrected chi connectivity index (χ2v) is 6.10. The van der Waals surface area contributed by atoms with Crippen molar-refractivity contribution in [2.45, 2.75) is 32.2 Å². The van der Waals surface area contributed by atoms with Crippen LogP contribution in [0.3, 0.4) is 0 Å². The Morgan fingerprint density at radius 3 is 2.23 bits per heavy atom. The van der Waals surface area contributed by atoms with E-state index in [1.807, 2.05) is 0 Å². The lowest BCUT2D eigenvalue weighted by molar-refractivity contribution is -0.137. The third-order valence-corrected chi connectivity index (χ3v) is 3.51. The van der Waals surface area contributed by atoms with Gasteiger partial charge in [0.2, 0.25) is 0 Å². The molecule has 0 spiro atoms. The van der Waals surface area contributed by atoms with Crippen LogP contribution in [0.5, 0.6) is 0 Å². The number of rotatable bonds is 7. The van der Waals surface area contributed by atoms with Gasteiger partial charge in [0, 0.05) is 12.0 Å². The quantitative estimate of drug-likeness (QED) is 0.629. The van der Waals surface area contributed by atoms with Gasteiger partial charge in [0.1, 0.15) is 0 Å². The zero-order chi connectivity index (χ0) is 19.9. The maximum Gasteiger partial charge on any atom is 0.339 e. The fourth-order valence-electron chi connectivity index (χ4n) is 2.12. The van der Waals surface area contributed by atoms with E-state index >= 15 is 0 Å². The average Bonchev–Trinajstić information content (AvgIpc) is 2.58. The van der Waals surface area contributed by atoms with Crippen molar-refractivity contribution in [2.24, 2.45) is 0 Å². The summed E-state index contributed by atoms with van der Waals surface area (Å²) in [6.07, 6.45) is 0.0975. The number of urea groups is 1. The topological polar surface area (TPSA) is 131 Å². The molecule has 9 nitrogen and oxygen atoms in total. The van der Waals surface area contributed by atoms with Crippen LogP contribution in [0.4, 0.5) is 10.5 Å². The lowest BCUT2D eigenvalue weighted by atomic mass is 9.99. The van der Waals surface area contributed by atoms with Crippen molar-refractivity contribution in [3.63, 3.8) is 0 Å². The van der Waals surface area contributed by atoms with E-state index in [0.717, 1.165) is 0 Å². The molecule has 0 atom stereocenters. The van der Waals surface area contributed by atoms with Crippen molar-refractivity contribution in [1.82, 2.24) is 5.32 Å². The summed E-state index contributed by atoms with van der Waals surface area (Å²) in [4.78, 5) is 46.4. The molecule has 2 amide bonds. The van der Waals surface area contributed by atoms with E-state index in [1.165, 1.54) is 32.4 Å². The van der Waals surface area contributed by atoms with Crippen molar-refractivity contribution in [3.05, 3.63) is 29.3 Å². The molecule has 9 heteroatoms. The highest BCUT2D eigenvalue weighted by Crippen LogP contribution is 2.20. The molecule has 0 aliphatic rings. The molecule has 0 bridgehead atoms. The van der Waals surface area contributed by atoms with Crippen LogP contribution < -0.4 is 10.6 Å². The van der Waals surface area contributed by atoms with Gasteiger partial charge in [-0.15, -0.1) is 0 Å². The second kappa shape index (κ2) is 8.84. The number of carboxylic acids is 1. The van der Waals surface area contributed by atoms with E-state index in [4.69, 9.17) is 5.11 Å². The largest absolute Gasteiger partial charge is 0.481 e. The van der Waals surface area contributed by atoms with E-state index in [-0.39, 0.29) is 29.7 Å². The Balaban J connectivity index is 3.01. The second-order valence-electron chi connectivity index (χ2n) is 6.10. The molecule has 0 aromatic heterocycles. The Morgan fingerprint density at radius 2 is 1.69 bits per heavy atom. The first-order valence-electron chi connectivity index (χ1n) is 7.71. The number of amides is 2. The van der Waals surface area contributed by atoms with Crippen LogP contribution in [0.1, 0.15) is 47.4 Å². The minimum absolute atomic E-state index is 0.0543. The number of hydrogen-bond donors (Lipinski definition) is 3. The summed E-state index contributed by atoms with van der Waals surface area (Å²) >= 11 is 0. The Bertz CT molecular complexity index is 713. The maximum atomic E-state index is 12.2. The van der Waals surface area contributed by atoms with Crippen molar-refractivity contribution >= 4 is 29.6 Å². The van der Waals surface area contributed by atoms with Crippen LogP contribution in [-0.2, 0) is 14.3 Å². The fraction of sp³-hybridized carbons (Fsp3) is 0.412. The van der Waals surface area contributed by atoms with Crippen LogP contribution in [0, 0.1) is 0 Å². The van der Waals surface area contributed by atoms with Gasteiger partial charge in [-0.3, -0.25) is 4.79 Å². The molecule has 0 radical (unpaired) electrons. The van der Waals surface area contributed by atoms with Gasteiger partial charge >= 0.3 is 23.9 Å². The van der Waals surface area contributed by atoms with Crippen LogP contribution >= 0.6 is 0 Å². The summed E-state index contributed by atoms with van der Waals surface area (Å²) in [6.45, 7) is 3.34. The van der Waals surface area contributed by atoms with Gasteiger partial charge < -0.3 is 25.2 Å². The van der Waals surface area contributed by atoms with Gasteiger partial charge in [-0.1, -0.05) is 0 Å². The molecule has 3 N–H and O–H groups in total. The van der Waals surface area contributed by atoms with Crippen LogP contribution in [0.2, 0.25) is 0 Å². The molecule has 0 saturated carbocycles. The van der Waals surface area contributed by atoms with Crippen molar-refractivity contribution in [3.8, 4) is 0 Å². The summed E-state index contributed by atoms with van der Waals surface area (Å²) in [7, 11) is 2.40. The van der Waals surface area contributed by atoms with Gasteiger partial charge in [0.05, 0.1) is 31.0 Å². The molecule has 1 aromatic carbocycles. The fourth-order valence-corrected chi connectivity index (χ4v) is 2.12. The number of carboxylic acid groups (broad SMARTS) is 1. The summed E-state index contributed by atoms with van der Waals surface area (Å²) in [6, 6.07) is 3.34. The highest BCUT2D eigenvalue weighted by molar-refractivity contribution is 6.03. The molecular weight excluding hydrogens is 344 g/mol. The first-order chi connectivity index (χ1) is 12.1. The standard InChI is InChI=1S/C17H22N2O7/c1-17(2,8-7-13(20)21)19-16(24)18-12-9-10(14(22)25-3)5-6-11(12)15(23)26-4/h5-6,9H,7-8H2,1-4H3,(H,20,21)(H2,18,19,24). The number of benzene rings is 1. The van der Waals surface area contributed by atoms with Crippen molar-refractivity contribution in [1.29, 1.82) is 0 Å². The van der Waals surface area contributed by atoms with E-state index in [1.54, 1.807) is 13.8 Å². The van der Waals surface area contributed by atoms with Crippen LogP contribution in [0.25, 0.3) is 0 Å². The Morgan fingerprint density at radius 1 is 1.08 bits per heavy atom. The molecule has 0 aliphatic heterocycles. The lowest BCUT2D eigenvalue weighted by Gasteiger charge is -2.26. The highest BCUT2D eigenvalue weighted by Gasteiger charge is 2.23. The Hall–Kier alpha value is -3.10. The van der Waals surface area contributed by atoms with Gasteiger partial charge in [0.15, 0.2) is 0 Å². The monoisotopic (exact) mass is 366 g/mol. The summed E-state index contributed by atoms with van der Waals surface area (Å²) in [5.41, 5.74) is -0.543. The first kappa shape index (κ1) is 20.9. The Labute approximate surface area is 150 Å². The number of methoxy groups -OCH3 is 2. The number of nitrogens with one attached hydrogen (secondary N) is 2. The number of esters is 2. The maximum absolute atomic E-state index is 12.2. The third-order valence-electron chi connectivity index (χ3n) is 3.51. The third kappa shape index (κ3) is 6.08. The number of aliphatic carboxylic acids is 1. The SMILES string of the molecule is COC(=O)c1ccc(C(=O)OC)c(NC(=O)NC(C)(C)CCC(=O)O)c1. The predicted octanol–water partition coefficient (Wildman–Crippen LogP) is 2.02. The highest BCUT2D eigenvalue weighted by atomic mass is 16.5. The van der Waals surface area contributed by atoms with Crippen molar-refractivity contribution in [2.75, 3.05) is 19.5 Å². The zero-order valence-corrected chi connectivity index (χ0v) is 15.0. The van der Waals surface area contributed by atoms with Crippen LogP contribution in [-0.4, -0.2) is 48.8 Å². The first-order valence-corrected chi connectivity index (χ1v) is 7.71. The molecule has 142 valence electrons. The minimum Gasteiger partial charge on any atom is -0.481 e. The van der Waals surface area contributed by atoms with Gasteiger partial charge in [-0.2, -0.15) is 0 Å². The number of hydrogen-bond acceptors (Lipinski definition) is 6. The van der Waals surface area contributed by atoms with Gasteiger partial charge in [-0.05, 0) is 38.5 Å². The molecule has 1 rings (SSSR count). The molecule has 0 saturated heterocycles. The molecule has 0 aliphatic carbocycles. The Kier molecular flexibility index (Phi) is 7.12. The number of carbonyl (C=O) groups excluding carboxylic acids is 3. The summed E-state index contributed by atoms with van der Waals surface area (Å²) in [5, 5.41) is 13.9. The van der Waals surface area contributed by atoms with E-state index < -0.39 is 29.5 Å². The molecule has 0 heterocycles. The molecule has 1 aromatic rings. The molecule has 0 unspecified atom stereocenters. The van der Waals surface area contributed by atoms with E-state index in [2.05, 4.69) is 20.1 Å². The molecular formula is C17H22N2O7. The van der Waals surface area contributed by atoms with Gasteiger partial charge in [-0.25, -0.2) is 14.4 Å². The number of carbonyl (C=O) groups is 4. The van der Waals surface area contributed by atoms with Gasteiger partial charge in [0.25, 0.3) is 0 Å². The molecule has 26 heavy (non-hydrogen) atoms. The van der Waals surface area contributed by atoms with Crippen molar-refractivity contribution < 1.29 is 33.8 Å². The lowest BCUT2D eigenvalue weighted by Crippen LogP contribution is -2.46. The predicted molar refractivity (Wildman–Crippen MR) is 92.2 cm³/mol. The van der Waals surface area contributed by atoms with E-state index in [9.17, 15) is 19.2 Å². The summed E-state index contributed by atoms with van der Waals surface area (Å²) in [5.74, 6) is -2.30. The minimum atomic E-state index is -0.973. The zero-order valence-electron chi connectivity index (χ0n) is 15.0. The molecule has 0 fully saturated rings. The summed E-state index contributed by atoms with van der Waals surface area (Å²) < 4.78 is 9.28. The number of ether oxygens (including phenoxy) is 2. The average molecular weight is 366 g/mol.